The van der Waals surface area contributed by atoms with Gasteiger partial charge in [-0.15, -0.1) is 0 Å². The first-order valence-corrected chi connectivity index (χ1v) is 7.34. The minimum absolute atomic E-state index is 0.373. The van der Waals surface area contributed by atoms with Crippen LogP contribution in [0.5, 0.6) is 5.75 Å². The van der Waals surface area contributed by atoms with E-state index in [-0.39, 0.29) is 0 Å². The van der Waals surface area contributed by atoms with Crippen molar-refractivity contribution in [3.05, 3.63) is 42.0 Å². The number of phenolic OH excluding ortho intramolecular Hbond substituents is 1. The largest absolute Gasteiger partial charge is 0.507 e. The maximum atomic E-state index is 9.90. The van der Waals surface area contributed by atoms with E-state index in [9.17, 15) is 5.11 Å². The van der Waals surface area contributed by atoms with Crippen molar-refractivity contribution in [3.63, 3.8) is 0 Å². The van der Waals surface area contributed by atoms with Gasteiger partial charge in [-0.1, -0.05) is 30.3 Å². The number of aromatic hydroxyl groups is 1. The molecule has 3 nitrogen and oxygen atoms in total. The predicted octanol–water partition coefficient (Wildman–Crippen LogP) is 2.81. The minimum atomic E-state index is 0.373. The van der Waals surface area contributed by atoms with Gasteiger partial charge in [0.1, 0.15) is 5.75 Å². The zero-order chi connectivity index (χ0) is 13.8. The molecule has 3 rings (SSSR count). The molecule has 0 aliphatic carbocycles. The van der Waals surface area contributed by atoms with Gasteiger partial charge < -0.3 is 9.84 Å². The highest BCUT2D eigenvalue weighted by atomic mass is 16.5. The van der Waals surface area contributed by atoms with Gasteiger partial charge >= 0.3 is 0 Å². The molecule has 0 saturated carbocycles. The molecule has 0 amide bonds. The van der Waals surface area contributed by atoms with Gasteiger partial charge in [0.05, 0.1) is 13.2 Å². The molecule has 2 aromatic carbocycles. The van der Waals surface area contributed by atoms with E-state index in [0.29, 0.717) is 5.75 Å². The zero-order valence-corrected chi connectivity index (χ0v) is 11.7. The van der Waals surface area contributed by atoms with Crippen molar-refractivity contribution >= 4 is 10.8 Å². The Bertz CT molecular complexity index is 576. The second-order valence-corrected chi connectivity index (χ2v) is 5.35. The van der Waals surface area contributed by atoms with Crippen LogP contribution in [0.4, 0.5) is 0 Å². The molecule has 1 heterocycles. The van der Waals surface area contributed by atoms with Gasteiger partial charge in [0.2, 0.25) is 0 Å². The first kappa shape index (κ1) is 13.4. The van der Waals surface area contributed by atoms with Gasteiger partial charge in [0.25, 0.3) is 0 Å². The van der Waals surface area contributed by atoms with Crippen LogP contribution in [0.3, 0.4) is 0 Å². The molecule has 2 aromatic rings. The maximum absolute atomic E-state index is 9.90. The smallest absolute Gasteiger partial charge is 0.123 e. The molecular weight excluding hydrogens is 250 g/mol. The number of benzene rings is 2. The summed E-state index contributed by atoms with van der Waals surface area (Å²) >= 11 is 0. The summed E-state index contributed by atoms with van der Waals surface area (Å²) in [7, 11) is 0. The summed E-state index contributed by atoms with van der Waals surface area (Å²) in [5.74, 6) is 0.373. The highest BCUT2D eigenvalue weighted by molar-refractivity contribution is 5.90. The molecule has 0 radical (unpaired) electrons. The molecule has 0 spiro atoms. The number of ether oxygens (including phenoxy) is 1. The highest BCUT2D eigenvalue weighted by Gasteiger charge is 2.10. The molecule has 1 fully saturated rings. The molecule has 1 aliphatic heterocycles. The van der Waals surface area contributed by atoms with Crippen LogP contribution in [0.25, 0.3) is 10.8 Å². The number of morpholine rings is 1. The molecule has 0 atom stereocenters. The number of rotatable bonds is 4. The topological polar surface area (TPSA) is 32.7 Å². The Morgan fingerprint density at radius 2 is 1.75 bits per heavy atom. The maximum Gasteiger partial charge on any atom is 0.123 e. The molecule has 3 heteroatoms. The Kier molecular flexibility index (Phi) is 4.19. The average Bonchev–Trinajstić information content (AvgIpc) is 2.51. The standard InChI is InChI=1S/C17H21NO2/c19-17-8-7-14(15-5-1-2-6-16(15)17)4-3-9-18-10-12-20-13-11-18/h1-2,5-8,19H,3-4,9-13H2. The monoisotopic (exact) mass is 271 g/mol. The number of hydrogen-bond donors (Lipinski definition) is 1. The number of fused-ring (bicyclic) bond motifs is 1. The second kappa shape index (κ2) is 6.25. The molecule has 0 unspecified atom stereocenters. The van der Waals surface area contributed by atoms with Crippen molar-refractivity contribution in [1.29, 1.82) is 0 Å². The average molecular weight is 271 g/mol. The van der Waals surface area contributed by atoms with Gasteiger partial charge in [-0.2, -0.15) is 0 Å². The summed E-state index contributed by atoms with van der Waals surface area (Å²) in [6.45, 7) is 4.95. The molecule has 0 aromatic heterocycles. The Morgan fingerprint density at radius 3 is 2.55 bits per heavy atom. The zero-order valence-electron chi connectivity index (χ0n) is 11.7. The predicted molar refractivity (Wildman–Crippen MR) is 81.2 cm³/mol. The van der Waals surface area contributed by atoms with Crippen molar-refractivity contribution in [2.24, 2.45) is 0 Å². The fourth-order valence-corrected chi connectivity index (χ4v) is 2.88. The van der Waals surface area contributed by atoms with Crippen LogP contribution < -0.4 is 0 Å². The molecule has 0 bridgehead atoms. The summed E-state index contributed by atoms with van der Waals surface area (Å²) in [5, 5.41) is 12.0. The van der Waals surface area contributed by atoms with Crippen molar-refractivity contribution < 1.29 is 9.84 Å². The van der Waals surface area contributed by atoms with Crippen molar-refractivity contribution in [2.45, 2.75) is 12.8 Å². The lowest BCUT2D eigenvalue weighted by Gasteiger charge is -2.26. The van der Waals surface area contributed by atoms with Crippen molar-refractivity contribution in [2.75, 3.05) is 32.8 Å². The Morgan fingerprint density at radius 1 is 1.00 bits per heavy atom. The number of phenols is 1. The van der Waals surface area contributed by atoms with E-state index in [1.807, 2.05) is 24.3 Å². The number of aryl methyl sites for hydroxylation is 1. The Balaban J connectivity index is 1.67. The quantitative estimate of drug-likeness (QED) is 0.928. The fraction of sp³-hybridized carbons (Fsp3) is 0.412. The fourth-order valence-electron chi connectivity index (χ4n) is 2.88. The molecule has 20 heavy (non-hydrogen) atoms. The molecule has 106 valence electrons. The summed E-state index contributed by atoms with van der Waals surface area (Å²) in [6, 6.07) is 11.9. The number of hydrogen-bond acceptors (Lipinski definition) is 3. The van der Waals surface area contributed by atoms with Crippen LogP contribution in [-0.4, -0.2) is 42.9 Å². The Hall–Kier alpha value is -1.58. The van der Waals surface area contributed by atoms with Crippen molar-refractivity contribution in [1.82, 2.24) is 4.90 Å². The third-order valence-corrected chi connectivity index (χ3v) is 4.02. The minimum Gasteiger partial charge on any atom is -0.507 e. The van der Waals surface area contributed by atoms with Crippen LogP contribution in [0, 0.1) is 0 Å². The molecule has 1 N–H and O–H groups in total. The van der Waals surface area contributed by atoms with Gasteiger partial charge in [-0.25, -0.2) is 0 Å². The SMILES string of the molecule is Oc1ccc(CCCN2CCOCC2)c2ccccc12. The van der Waals surface area contributed by atoms with Crippen molar-refractivity contribution in [3.8, 4) is 5.75 Å². The lowest BCUT2D eigenvalue weighted by atomic mass is 10.00. The summed E-state index contributed by atoms with van der Waals surface area (Å²) in [4.78, 5) is 2.46. The van der Waals surface area contributed by atoms with E-state index in [4.69, 9.17) is 4.74 Å². The van der Waals surface area contributed by atoms with E-state index in [2.05, 4.69) is 17.0 Å². The summed E-state index contributed by atoms with van der Waals surface area (Å²) < 4.78 is 5.37. The number of nitrogens with zero attached hydrogens (tertiary/aromatic N) is 1. The third-order valence-electron chi connectivity index (χ3n) is 4.02. The van der Waals surface area contributed by atoms with E-state index >= 15 is 0 Å². The van der Waals surface area contributed by atoms with Gasteiger partial charge in [0.15, 0.2) is 0 Å². The van der Waals surface area contributed by atoms with Crippen LogP contribution in [0.15, 0.2) is 36.4 Å². The van der Waals surface area contributed by atoms with Crippen LogP contribution >= 0.6 is 0 Å². The molecule has 1 aliphatic rings. The van der Waals surface area contributed by atoms with Gasteiger partial charge in [0, 0.05) is 18.5 Å². The highest BCUT2D eigenvalue weighted by Crippen LogP contribution is 2.28. The van der Waals surface area contributed by atoms with E-state index in [1.54, 1.807) is 0 Å². The lowest BCUT2D eigenvalue weighted by Crippen LogP contribution is -2.36. The second-order valence-electron chi connectivity index (χ2n) is 5.35. The first-order chi connectivity index (χ1) is 9.84. The first-order valence-electron chi connectivity index (χ1n) is 7.34. The van der Waals surface area contributed by atoms with Crippen LogP contribution in [0.1, 0.15) is 12.0 Å². The summed E-state index contributed by atoms with van der Waals surface area (Å²) in [6.07, 6.45) is 2.20. The van der Waals surface area contributed by atoms with Crippen LogP contribution in [0.2, 0.25) is 0 Å². The molecular formula is C17H21NO2. The van der Waals surface area contributed by atoms with Gasteiger partial charge in [-0.05, 0) is 36.4 Å². The normalized spacial score (nSPS) is 16.6. The van der Waals surface area contributed by atoms with E-state index in [1.165, 1.54) is 10.9 Å². The lowest BCUT2D eigenvalue weighted by molar-refractivity contribution is 0.0375. The molecule has 1 saturated heterocycles. The van der Waals surface area contributed by atoms with Gasteiger partial charge in [-0.3, -0.25) is 4.90 Å². The summed E-state index contributed by atoms with van der Waals surface area (Å²) in [5.41, 5.74) is 1.33. The van der Waals surface area contributed by atoms with E-state index < -0.39 is 0 Å². The van der Waals surface area contributed by atoms with E-state index in [0.717, 1.165) is 51.1 Å². The Labute approximate surface area is 119 Å². The third kappa shape index (κ3) is 2.94. The van der Waals surface area contributed by atoms with Crippen LogP contribution in [-0.2, 0) is 11.2 Å².